The van der Waals surface area contributed by atoms with Gasteiger partial charge in [0.2, 0.25) is 0 Å². The molecular weight excluding hydrogens is 102 g/mol. The minimum atomic E-state index is -3.23. The molecule has 8 heavy (non-hydrogen) atoms. The van der Waals surface area contributed by atoms with Gasteiger partial charge < -0.3 is 10.1 Å². The lowest BCUT2D eigenvalue weighted by Gasteiger charge is -2.16. The van der Waals surface area contributed by atoms with E-state index in [-0.39, 0.29) is 6.29 Å². The third-order valence-corrected chi connectivity index (χ3v) is 0.637. The zero-order valence-corrected chi connectivity index (χ0v) is 3.99. The molecule has 0 amide bonds. The van der Waals surface area contributed by atoms with E-state index in [1.165, 1.54) is 5.32 Å². The highest BCUT2D eigenvalue weighted by atomic mass is 16.1. The van der Waals surface area contributed by atoms with Crippen LogP contribution in [0.4, 0.5) is 0 Å². The second-order valence-corrected chi connectivity index (χ2v) is 1.16. The molecule has 0 saturated carbocycles. The molecule has 0 unspecified atom stereocenters. The number of hydrogen-bond acceptors (Lipinski definition) is 2. The maximum atomic E-state index is 10.9. The van der Waals surface area contributed by atoms with Crippen LogP contribution in [0.15, 0.2) is 0 Å². The molecule has 0 aromatic rings. The maximum absolute atomic E-state index is 10.9. The third kappa shape index (κ3) is 1.30. The zero-order valence-electron chi connectivity index (χ0n) is 13.0. The summed E-state index contributed by atoms with van der Waals surface area (Å²) in [7, 11) is 0. The molecule has 0 radical (unpaired) electrons. The van der Waals surface area contributed by atoms with Crippen LogP contribution in [0.1, 0.15) is 25.1 Å². The first-order chi connectivity index (χ1) is 7.27. The Bertz CT molecular complexity index is 325. The van der Waals surface area contributed by atoms with Crippen LogP contribution < -0.4 is 5.32 Å². The Hall–Kier alpha value is -0.370. The Labute approximate surface area is 61.9 Å². The monoisotopic (exact) mass is 122 g/mol. The lowest BCUT2D eigenvalue weighted by atomic mass is 10.0. The minimum Gasteiger partial charge on any atom is -0.317 e. The summed E-state index contributed by atoms with van der Waals surface area (Å²) in [6, 6.07) is 0. The van der Waals surface area contributed by atoms with Crippen molar-refractivity contribution in [3.8, 4) is 0 Å². The Morgan fingerprint density at radius 1 is 1.75 bits per heavy atom. The second kappa shape index (κ2) is 2.82. The molecule has 46 valence electrons. The molecular formula is C6H11NO. The summed E-state index contributed by atoms with van der Waals surface area (Å²) < 4.78 is 66.5. The summed E-state index contributed by atoms with van der Waals surface area (Å²) in [4.78, 5) is 10.9. The van der Waals surface area contributed by atoms with Crippen molar-refractivity contribution in [2.45, 2.75) is 12.7 Å². The lowest BCUT2D eigenvalue weighted by Crippen LogP contribution is -2.28. The minimum absolute atomic E-state index is 0.385. The van der Waals surface area contributed by atoms with E-state index in [0.29, 0.717) is 0 Å². The van der Waals surface area contributed by atoms with Gasteiger partial charge in [-0.15, -0.1) is 0 Å². The van der Waals surface area contributed by atoms with Crippen molar-refractivity contribution < 1.29 is 17.1 Å². The highest BCUT2D eigenvalue weighted by Gasteiger charge is 2.09. The van der Waals surface area contributed by atoms with Crippen LogP contribution in [0.3, 0.4) is 0 Å². The molecule has 1 fully saturated rings. The van der Waals surface area contributed by atoms with Crippen molar-refractivity contribution in [2.24, 2.45) is 5.89 Å². The fourth-order valence-corrected chi connectivity index (χ4v) is 0.319. The fourth-order valence-electron chi connectivity index (χ4n) is 0.319. The predicted octanol–water partition coefficient (Wildman–Crippen LogP) is 0.185. The number of carbonyl (C=O) groups is 1. The highest BCUT2D eigenvalue weighted by Crippen LogP contribution is 2.06. The van der Waals surface area contributed by atoms with Crippen molar-refractivity contribution >= 4 is 6.29 Å². The van der Waals surface area contributed by atoms with Crippen LogP contribution in [0.2, 0.25) is 0 Å². The van der Waals surface area contributed by atoms with Crippen molar-refractivity contribution in [3.05, 3.63) is 0 Å². The number of hydrogen-bond donors (Lipinski definition) is 1. The van der Waals surface area contributed by atoms with E-state index in [1.807, 2.05) is 0 Å². The van der Waals surface area contributed by atoms with E-state index in [4.69, 9.17) is 12.3 Å². The smallest absolute Gasteiger partial charge is 0.123 e. The van der Waals surface area contributed by atoms with Gasteiger partial charge in [-0.25, -0.2) is 0 Å². The maximum Gasteiger partial charge on any atom is 0.123 e. The second-order valence-electron chi connectivity index (χ2n) is 1.16. The molecule has 0 aromatic carbocycles. The third-order valence-electron chi connectivity index (χ3n) is 0.637. The molecule has 1 N–H and O–H groups in total. The van der Waals surface area contributed by atoms with Crippen molar-refractivity contribution in [3.63, 3.8) is 0 Å². The molecule has 0 atom stereocenters. The first-order valence-electron chi connectivity index (χ1n) is 6.52. The molecule has 2 heteroatoms. The van der Waals surface area contributed by atoms with E-state index in [0.717, 1.165) is 0 Å². The van der Waals surface area contributed by atoms with Gasteiger partial charge in [-0.1, -0.05) is 0 Å². The van der Waals surface area contributed by atoms with E-state index < -0.39 is 31.6 Å². The molecule has 2 nitrogen and oxygen atoms in total. The van der Waals surface area contributed by atoms with Crippen molar-refractivity contribution in [1.82, 2.24) is 5.32 Å². The van der Waals surface area contributed by atoms with Crippen LogP contribution in [-0.4, -0.2) is 19.3 Å². The Morgan fingerprint density at radius 2 is 2.38 bits per heavy atom. The summed E-state index contributed by atoms with van der Waals surface area (Å²) in [5.74, 6) is -3.20. The van der Waals surface area contributed by atoms with E-state index >= 15 is 0 Å². The van der Waals surface area contributed by atoms with Gasteiger partial charge in [0.15, 0.2) is 0 Å². The van der Waals surface area contributed by atoms with Gasteiger partial charge in [-0.2, -0.15) is 0 Å². The summed E-state index contributed by atoms with van der Waals surface area (Å²) in [5.41, 5.74) is 0. The lowest BCUT2D eigenvalue weighted by molar-refractivity contribution is -0.111. The zero-order chi connectivity index (χ0) is 13.9. The Morgan fingerprint density at radius 3 is 2.88 bits per heavy atom. The standard InChI is InChI=1S/C6H11NO/c8-5-6-1-3-7-4-2-6/h5-7H,1-4H2/i1D2,2D2,3D2,4D2,6D. The average Bonchev–Trinajstić information content (AvgIpc) is 2.12. The van der Waals surface area contributed by atoms with Crippen molar-refractivity contribution in [1.29, 1.82) is 0 Å². The number of piperidine rings is 1. The first-order valence-corrected chi connectivity index (χ1v) is 2.02. The Kier molecular flexibility index (Phi) is 0.428. The van der Waals surface area contributed by atoms with Gasteiger partial charge in [0.1, 0.15) is 6.29 Å². The van der Waals surface area contributed by atoms with Crippen LogP contribution in [-0.2, 0) is 4.79 Å². The molecule has 0 bridgehead atoms. The number of rotatable bonds is 1. The largest absolute Gasteiger partial charge is 0.317 e. The van der Waals surface area contributed by atoms with Gasteiger partial charge in [-0.3, -0.25) is 0 Å². The van der Waals surface area contributed by atoms with Gasteiger partial charge in [0, 0.05) is 18.2 Å². The van der Waals surface area contributed by atoms with Crippen LogP contribution in [0.5, 0.6) is 0 Å². The molecule has 0 aromatic heterocycles. The summed E-state index contributed by atoms with van der Waals surface area (Å²) >= 11 is 0. The normalized spacial score (nSPS) is 68.8. The summed E-state index contributed by atoms with van der Waals surface area (Å²) in [5, 5.41) is 1.54. The molecule has 1 saturated heterocycles. The highest BCUT2D eigenvalue weighted by molar-refractivity contribution is 5.53. The van der Waals surface area contributed by atoms with E-state index in [9.17, 15) is 4.79 Å². The molecule has 1 aliphatic rings. The molecule has 0 aliphatic carbocycles. The summed E-state index contributed by atoms with van der Waals surface area (Å²) in [6.07, 6.45) is -6.84. The van der Waals surface area contributed by atoms with Gasteiger partial charge in [-0.05, 0) is 25.7 Å². The SMILES string of the molecule is [2H]C1([2H])NC([2H])([2H])C([2H])([2H])C([2H])(C=O)C1([2H])[2H]. The summed E-state index contributed by atoms with van der Waals surface area (Å²) in [6.45, 7) is -6.10. The van der Waals surface area contributed by atoms with E-state index in [2.05, 4.69) is 0 Å². The predicted molar refractivity (Wildman–Crippen MR) is 31.7 cm³/mol. The number of carbonyl (C=O) groups excluding carboxylic acids is 1. The fraction of sp³-hybridized carbons (Fsp3) is 0.833. The molecule has 1 heterocycles. The Balaban J connectivity index is 3.55. The average molecular weight is 122 g/mol. The van der Waals surface area contributed by atoms with Gasteiger partial charge >= 0.3 is 0 Å². The van der Waals surface area contributed by atoms with Gasteiger partial charge in [0.25, 0.3) is 0 Å². The molecule has 1 aliphatic heterocycles. The van der Waals surface area contributed by atoms with Crippen LogP contribution >= 0.6 is 0 Å². The van der Waals surface area contributed by atoms with Crippen molar-refractivity contribution in [2.75, 3.05) is 13.0 Å². The van der Waals surface area contributed by atoms with Crippen LogP contribution in [0, 0.1) is 5.89 Å². The molecule has 1 rings (SSSR count). The van der Waals surface area contributed by atoms with Crippen LogP contribution in [0.25, 0.3) is 0 Å². The van der Waals surface area contributed by atoms with Gasteiger partial charge in [0.05, 0.1) is 0 Å². The molecule has 0 spiro atoms. The quantitative estimate of drug-likeness (QED) is 0.503. The number of aldehydes is 1. The first kappa shape index (κ1) is 1.21. The number of nitrogens with one attached hydrogen (secondary N) is 1. The topological polar surface area (TPSA) is 29.1 Å². The van der Waals surface area contributed by atoms with E-state index in [1.54, 1.807) is 0 Å².